The lowest BCUT2D eigenvalue weighted by Crippen LogP contribution is -2.26. The Kier molecular flexibility index (Phi) is 4.73. The number of ether oxygens (including phenoxy) is 2. The van der Waals surface area contributed by atoms with Gasteiger partial charge in [-0.1, -0.05) is 25.5 Å². The van der Waals surface area contributed by atoms with Crippen LogP contribution in [-0.4, -0.2) is 6.61 Å². The quantitative estimate of drug-likeness (QED) is 0.510. The van der Waals surface area contributed by atoms with Gasteiger partial charge in [-0.05, 0) is 42.7 Å². The standard InChI is InChI=1S/C19H18F4O2/c1-3-4-12-5-7-13(8-6-12)25-19(22,23)16-11(2)9-14(15-10-24-15)17(20)18(16)21/h5-9,15H,3-4,10H2,1-2H3. The van der Waals surface area contributed by atoms with E-state index in [0.29, 0.717) is 0 Å². The highest BCUT2D eigenvalue weighted by Gasteiger charge is 2.42. The molecule has 1 atom stereocenters. The van der Waals surface area contributed by atoms with Crippen LogP contribution in [0.3, 0.4) is 0 Å². The fraction of sp³-hybridized carbons (Fsp3) is 0.368. The van der Waals surface area contributed by atoms with E-state index in [-0.39, 0.29) is 23.5 Å². The van der Waals surface area contributed by atoms with Crippen LogP contribution in [0.2, 0.25) is 0 Å². The van der Waals surface area contributed by atoms with Crippen LogP contribution >= 0.6 is 0 Å². The van der Waals surface area contributed by atoms with Crippen molar-refractivity contribution in [1.82, 2.24) is 0 Å². The molecule has 1 aliphatic rings. The lowest BCUT2D eigenvalue weighted by Gasteiger charge is -2.21. The van der Waals surface area contributed by atoms with E-state index >= 15 is 0 Å². The monoisotopic (exact) mass is 354 g/mol. The van der Waals surface area contributed by atoms with E-state index in [1.165, 1.54) is 25.1 Å². The summed E-state index contributed by atoms with van der Waals surface area (Å²) in [5, 5.41) is 0. The molecule has 0 saturated carbocycles. The number of halogens is 4. The van der Waals surface area contributed by atoms with Crippen LogP contribution in [0.15, 0.2) is 30.3 Å². The van der Waals surface area contributed by atoms with Gasteiger partial charge in [-0.25, -0.2) is 8.78 Å². The molecule has 0 N–H and O–H groups in total. The SMILES string of the molecule is CCCc1ccc(OC(F)(F)c2c(C)cc(C3CO3)c(F)c2F)cc1. The van der Waals surface area contributed by atoms with Crippen LogP contribution in [-0.2, 0) is 17.3 Å². The van der Waals surface area contributed by atoms with Crippen LogP contribution in [0.25, 0.3) is 0 Å². The first-order valence-electron chi connectivity index (χ1n) is 8.09. The minimum absolute atomic E-state index is 0.0431. The summed E-state index contributed by atoms with van der Waals surface area (Å²) in [4.78, 5) is 0. The minimum Gasteiger partial charge on any atom is -0.429 e. The van der Waals surface area contributed by atoms with Crippen molar-refractivity contribution in [3.8, 4) is 5.75 Å². The van der Waals surface area contributed by atoms with Crippen LogP contribution in [0.1, 0.15) is 41.7 Å². The molecule has 6 heteroatoms. The Hall–Kier alpha value is -2.08. The Morgan fingerprint density at radius 3 is 2.36 bits per heavy atom. The molecule has 1 unspecified atom stereocenters. The summed E-state index contributed by atoms with van der Waals surface area (Å²) in [7, 11) is 0. The number of alkyl halides is 2. The van der Waals surface area contributed by atoms with Gasteiger partial charge in [0.25, 0.3) is 0 Å². The molecule has 1 heterocycles. The van der Waals surface area contributed by atoms with Gasteiger partial charge in [0, 0.05) is 5.56 Å². The zero-order valence-electron chi connectivity index (χ0n) is 13.9. The molecule has 3 rings (SSSR count). The van der Waals surface area contributed by atoms with Gasteiger partial charge < -0.3 is 9.47 Å². The van der Waals surface area contributed by atoms with E-state index in [1.807, 2.05) is 6.92 Å². The second-order valence-corrected chi connectivity index (χ2v) is 6.12. The topological polar surface area (TPSA) is 21.8 Å². The van der Waals surface area contributed by atoms with Crippen molar-refractivity contribution in [2.45, 2.75) is 38.9 Å². The Morgan fingerprint density at radius 1 is 1.16 bits per heavy atom. The highest BCUT2D eigenvalue weighted by Crippen LogP contribution is 2.40. The van der Waals surface area contributed by atoms with Crippen molar-refractivity contribution in [3.63, 3.8) is 0 Å². The summed E-state index contributed by atoms with van der Waals surface area (Å²) < 4.78 is 66.9. The molecule has 2 aromatic carbocycles. The molecule has 0 spiro atoms. The van der Waals surface area contributed by atoms with Crippen molar-refractivity contribution in [1.29, 1.82) is 0 Å². The fourth-order valence-corrected chi connectivity index (χ4v) is 2.81. The largest absolute Gasteiger partial charge is 0.429 e. The van der Waals surface area contributed by atoms with Gasteiger partial charge >= 0.3 is 6.11 Å². The molecule has 0 radical (unpaired) electrons. The van der Waals surface area contributed by atoms with Gasteiger partial charge in [-0.15, -0.1) is 0 Å². The second-order valence-electron chi connectivity index (χ2n) is 6.12. The maximum Gasteiger partial charge on any atom is 0.429 e. The van der Waals surface area contributed by atoms with E-state index in [9.17, 15) is 17.6 Å². The van der Waals surface area contributed by atoms with Gasteiger partial charge in [0.05, 0.1) is 6.61 Å². The van der Waals surface area contributed by atoms with Gasteiger partial charge in [-0.3, -0.25) is 0 Å². The number of benzene rings is 2. The summed E-state index contributed by atoms with van der Waals surface area (Å²) in [5.74, 6) is -3.03. The molecular weight excluding hydrogens is 336 g/mol. The van der Waals surface area contributed by atoms with Crippen molar-refractivity contribution in [3.05, 3.63) is 64.2 Å². The lowest BCUT2D eigenvalue weighted by molar-refractivity contribution is -0.188. The molecule has 134 valence electrons. The smallest absolute Gasteiger partial charge is 0.429 e. The maximum atomic E-state index is 14.5. The number of rotatable bonds is 6. The minimum atomic E-state index is -4.00. The predicted molar refractivity (Wildman–Crippen MR) is 84.7 cm³/mol. The molecule has 1 aliphatic heterocycles. The summed E-state index contributed by atoms with van der Waals surface area (Å²) in [6, 6.07) is 7.33. The summed E-state index contributed by atoms with van der Waals surface area (Å²) >= 11 is 0. The van der Waals surface area contributed by atoms with Crippen LogP contribution in [0.4, 0.5) is 17.6 Å². The Labute approximate surface area is 143 Å². The molecule has 1 saturated heterocycles. The molecular formula is C19H18F4O2. The molecule has 1 fully saturated rings. The molecule has 2 aromatic rings. The van der Waals surface area contributed by atoms with Crippen molar-refractivity contribution in [2.75, 3.05) is 6.61 Å². The Balaban J connectivity index is 1.90. The molecule has 2 nitrogen and oxygen atoms in total. The summed E-state index contributed by atoms with van der Waals surface area (Å²) in [5.41, 5.74) is -0.233. The van der Waals surface area contributed by atoms with Gasteiger partial charge in [0.2, 0.25) is 0 Å². The molecule has 0 aliphatic carbocycles. The first kappa shape index (κ1) is 17.7. The summed E-state index contributed by atoms with van der Waals surface area (Å²) in [6.45, 7) is 3.56. The van der Waals surface area contributed by atoms with Crippen LogP contribution in [0, 0.1) is 18.6 Å². The molecule has 0 bridgehead atoms. The Bertz CT molecular complexity index is 768. The highest BCUT2D eigenvalue weighted by molar-refractivity contribution is 5.39. The van der Waals surface area contributed by atoms with Crippen LogP contribution < -0.4 is 4.74 Å². The zero-order valence-corrected chi connectivity index (χ0v) is 13.9. The van der Waals surface area contributed by atoms with E-state index in [4.69, 9.17) is 4.74 Å². The molecule has 0 amide bonds. The first-order valence-corrected chi connectivity index (χ1v) is 8.09. The van der Waals surface area contributed by atoms with Crippen LogP contribution in [0.5, 0.6) is 5.75 Å². The van der Waals surface area contributed by atoms with Crippen molar-refractivity contribution < 1.29 is 27.0 Å². The number of aryl methyl sites for hydroxylation is 2. The van der Waals surface area contributed by atoms with E-state index < -0.39 is 29.4 Å². The zero-order chi connectivity index (χ0) is 18.2. The predicted octanol–water partition coefficient (Wildman–Crippen LogP) is 5.43. The van der Waals surface area contributed by atoms with Gasteiger partial charge in [0.15, 0.2) is 11.6 Å². The third-order valence-electron chi connectivity index (χ3n) is 4.11. The van der Waals surface area contributed by atoms with Crippen molar-refractivity contribution >= 4 is 0 Å². The molecule has 0 aromatic heterocycles. The van der Waals surface area contributed by atoms with Gasteiger partial charge in [0.1, 0.15) is 17.4 Å². The highest BCUT2D eigenvalue weighted by atomic mass is 19.3. The third kappa shape index (κ3) is 3.63. The average Bonchev–Trinajstić information content (AvgIpc) is 3.37. The average molecular weight is 354 g/mol. The third-order valence-corrected chi connectivity index (χ3v) is 4.11. The summed E-state index contributed by atoms with van der Waals surface area (Å²) in [6.07, 6.45) is -2.82. The maximum absolute atomic E-state index is 14.5. The lowest BCUT2D eigenvalue weighted by atomic mass is 10.0. The van der Waals surface area contributed by atoms with Crippen molar-refractivity contribution in [2.24, 2.45) is 0 Å². The second kappa shape index (κ2) is 6.67. The number of hydrogen-bond donors (Lipinski definition) is 0. The first-order chi connectivity index (χ1) is 11.8. The van der Waals surface area contributed by atoms with Gasteiger partial charge in [-0.2, -0.15) is 8.78 Å². The van der Waals surface area contributed by atoms with E-state index in [2.05, 4.69) is 4.74 Å². The fourth-order valence-electron chi connectivity index (χ4n) is 2.81. The number of epoxide rings is 1. The normalized spacial score (nSPS) is 16.8. The Morgan fingerprint density at radius 2 is 1.80 bits per heavy atom. The number of hydrogen-bond acceptors (Lipinski definition) is 2. The molecule has 25 heavy (non-hydrogen) atoms. The van der Waals surface area contributed by atoms with E-state index in [1.54, 1.807) is 12.1 Å². The van der Waals surface area contributed by atoms with E-state index in [0.717, 1.165) is 18.4 Å².